The van der Waals surface area contributed by atoms with Crippen molar-refractivity contribution in [2.24, 2.45) is 5.84 Å². The molecule has 1 aromatic rings. The standard InChI is InChI=1S/C10H20N6/c1-10(2,16(3)4)7-13-8-5-12-6-9(14-8)15-11/h5-6H,7,11H2,1-4H3,(H2,13,14,15). The number of nitrogens with two attached hydrogens (primary N) is 1. The van der Waals surface area contributed by atoms with Crippen molar-refractivity contribution < 1.29 is 0 Å². The van der Waals surface area contributed by atoms with Crippen molar-refractivity contribution in [2.75, 3.05) is 31.4 Å². The Morgan fingerprint density at radius 2 is 1.94 bits per heavy atom. The van der Waals surface area contributed by atoms with Crippen molar-refractivity contribution in [1.82, 2.24) is 14.9 Å². The molecule has 0 aromatic carbocycles. The van der Waals surface area contributed by atoms with Gasteiger partial charge in [-0.05, 0) is 27.9 Å². The highest BCUT2D eigenvalue weighted by Gasteiger charge is 2.19. The van der Waals surface area contributed by atoms with Crippen molar-refractivity contribution in [2.45, 2.75) is 19.4 Å². The van der Waals surface area contributed by atoms with E-state index in [0.29, 0.717) is 11.6 Å². The second-order valence-electron chi connectivity index (χ2n) is 4.49. The van der Waals surface area contributed by atoms with Gasteiger partial charge in [0, 0.05) is 12.1 Å². The summed E-state index contributed by atoms with van der Waals surface area (Å²) in [6.07, 6.45) is 3.24. The van der Waals surface area contributed by atoms with E-state index in [1.54, 1.807) is 12.4 Å². The molecule has 6 heteroatoms. The second kappa shape index (κ2) is 5.09. The molecule has 0 spiro atoms. The summed E-state index contributed by atoms with van der Waals surface area (Å²) in [5, 5.41) is 3.23. The number of likely N-dealkylation sites (N-methyl/N-ethyl adjacent to an activating group) is 1. The molecule has 0 unspecified atom stereocenters. The van der Waals surface area contributed by atoms with Crippen LogP contribution in [0.2, 0.25) is 0 Å². The topological polar surface area (TPSA) is 79.1 Å². The van der Waals surface area contributed by atoms with Gasteiger partial charge in [0.1, 0.15) is 5.82 Å². The molecule has 6 nitrogen and oxygen atoms in total. The molecule has 16 heavy (non-hydrogen) atoms. The molecule has 0 saturated carbocycles. The van der Waals surface area contributed by atoms with E-state index in [1.807, 2.05) is 14.1 Å². The van der Waals surface area contributed by atoms with Crippen LogP contribution in [0.3, 0.4) is 0 Å². The quantitative estimate of drug-likeness (QED) is 0.500. The third-order valence-electron chi connectivity index (χ3n) is 2.70. The van der Waals surface area contributed by atoms with E-state index in [-0.39, 0.29) is 5.54 Å². The van der Waals surface area contributed by atoms with Gasteiger partial charge in [-0.3, -0.25) is 4.98 Å². The minimum Gasteiger partial charge on any atom is -0.367 e. The summed E-state index contributed by atoms with van der Waals surface area (Å²) in [5.74, 6) is 6.52. The van der Waals surface area contributed by atoms with Crippen molar-refractivity contribution >= 4 is 11.6 Å². The number of rotatable bonds is 5. The van der Waals surface area contributed by atoms with Gasteiger partial charge < -0.3 is 15.6 Å². The third kappa shape index (κ3) is 3.32. The van der Waals surface area contributed by atoms with E-state index in [0.717, 1.165) is 6.54 Å². The highest BCUT2D eigenvalue weighted by atomic mass is 15.3. The molecule has 90 valence electrons. The van der Waals surface area contributed by atoms with Crippen LogP contribution in [-0.2, 0) is 0 Å². The fraction of sp³-hybridized carbons (Fsp3) is 0.600. The summed E-state index contributed by atoms with van der Waals surface area (Å²) in [4.78, 5) is 10.4. The molecule has 0 aliphatic heterocycles. The monoisotopic (exact) mass is 224 g/mol. The van der Waals surface area contributed by atoms with Gasteiger partial charge in [0.05, 0.1) is 12.4 Å². The molecule has 4 N–H and O–H groups in total. The molecule has 0 bridgehead atoms. The van der Waals surface area contributed by atoms with E-state index in [4.69, 9.17) is 5.84 Å². The molecule has 0 atom stereocenters. The van der Waals surface area contributed by atoms with Gasteiger partial charge in [0.15, 0.2) is 5.82 Å². The summed E-state index contributed by atoms with van der Waals surface area (Å²) in [5.41, 5.74) is 2.51. The Morgan fingerprint density at radius 1 is 1.31 bits per heavy atom. The van der Waals surface area contributed by atoms with Gasteiger partial charge in [0.25, 0.3) is 0 Å². The van der Waals surface area contributed by atoms with Crippen LogP contribution in [0.5, 0.6) is 0 Å². The fourth-order valence-corrected chi connectivity index (χ4v) is 0.986. The first-order chi connectivity index (χ1) is 7.45. The van der Waals surface area contributed by atoms with Gasteiger partial charge in [-0.1, -0.05) is 0 Å². The van der Waals surface area contributed by atoms with Gasteiger partial charge in [-0.25, -0.2) is 10.8 Å². The van der Waals surface area contributed by atoms with Crippen LogP contribution < -0.4 is 16.6 Å². The lowest BCUT2D eigenvalue weighted by Crippen LogP contribution is -2.44. The Hall–Kier alpha value is -1.40. The minimum absolute atomic E-state index is 0.0494. The molecular formula is C10H20N6. The summed E-state index contributed by atoms with van der Waals surface area (Å²) < 4.78 is 0. The lowest BCUT2D eigenvalue weighted by atomic mass is 10.0. The normalized spacial score (nSPS) is 11.6. The molecular weight excluding hydrogens is 204 g/mol. The molecule has 0 radical (unpaired) electrons. The maximum Gasteiger partial charge on any atom is 0.160 e. The lowest BCUT2D eigenvalue weighted by molar-refractivity contribution is 0.210. The molecule has 0 aliphatic rings. The first kappa shape index (κ1) is 12.7. The number of aromatic nitrogens is 2. The SMILES string of the molecule is CN(C)C(C)(C)CNc1cncc(NN)n1. The average Bonchev–Trinajstić information content (AvgIpc) is 2.26. The van der Waals surface area contributed by atoms with Crippen molar-refractivity contribution in [1.29, 1.82) is 0 Å². The number of nitrogens with zero attached hydrogens (tertiary/aromatic N) is 3. The van der Waals surface area contributed by atoms with E-state index < -0.39 is 0 Å². The molecule has 0 amide bonds. The minimum atomic E-state index is 0.0494. The number of nitrogens with one attached hydrogen (secondary N) is 2. The number of nitrogen functional groups attached to an aromatic ring is 1. The van der Waals surface area contributed by atoms with Gasteiger partial charge >= 0.3 is 0 Å². The Morgan fingerprint density at radius 3 is 2.50 bits per heavy atom. The zero-order chi connectivity index (χ0) is 12.2. The predicted molar refractivity (Wildman–Crippen MR) is 66.1 cm³/mol. The van der Waals surface area contributed by atoms with Crippen LogP contribution in [0.25, 0.3) is 0 Å². The van der Waals surface area contributed by atoms with E-state index in [1.165, 1.54) is 0 Å². The number of anilines is 2. The van der Waals surface area contributed by atoms with Crippen LogP contribution >= 0.6 is 0 Å². The first-order valence-corrected chi connectivity index (χ1v) is 5.15. The van der Waals surface area contributed by atoms with E-state index >= 15 is 0 Å². The van der Waals surface area contributed by atoms with Gasteiger partial charge in [0.2, 0.25) is 0 Å². The molecule has 1 heterocycles. The van der Waals surface area contributed by atoms with E-state index in [2.05, 4.69) is 39.5 Å². The second-order valence-corrected chi connectivity index (χ2v) is 4.49. The summed E-state index contributed by atoms with van der Waals surface area (Å²) in [7, 11) is 4.09. The number of hydrogen-bond donors (Lipinski definition) is 3. The summed E-state index contributed by atoms with van der Waals surface area (Å²) in [6, 6.07) is 0. The van der Waals surface area contributed by atoms with Crippen LogP contribution in [-0.4, -0.2) is 41.0 Å². The zero-order valence-corrected chi connectivity index (χ0v) is 10.3. The lowest BCUT2D eigenvalue weighted by Gasteiger charge is -2.32. The molecule has 0 fully saturated rings. The van der Waals surface area contributed by atoms with Crippen LogP contribution in [0.15, 0.2) is 12.4 Å². The average molecular weight is 224 g/mol. The van der Waals surface area contributed by atoms with Crippen molar-refractivity contribution in [3.63, 3.8) is 0 Å². The Balaban J connectivity index is 2.60. The molecule has 1 rings (SSSR count). The smallest absolute Gasteiger partial charge is 0.160 e. The van der Waals surface area contributed by atoms with Crippen molar-refractivity contribution in [3.05, 3.63) is 12.4 Å². The van der Waals surface area contributed by atoms with E-state index in [9.17, 15) is 0 Å². The first-order valence-electron chi connectivity index (χ1n) is 5.15. The summed E-state index contributed by atoms with van der Waals surface area (Å²) >= 11 is 0. The van der Waals surface area contributed by atoms with Crippen LogP contribution in [0.1, 0.15) is 13.8 Å². The third-order valence-corrected chi connectivity index (χ3v) is 2.70. The zero-order valence-electron chi connectivity index (χ0n) is 10.3. The Labute approximate surface area is 96.2 Å². The Kier molecular flexibility index (Phi) is 4.03. The maximum absolute atomic E-state index is 5.26. The maximum atomic E-state index is 5.26. The number of hydrogen-bond acceptors (Lipinski definition) is 6. The predicted octanol–water partition coefficient (Wildman–Crippen LogP) is 0.514. The van der Waals surface area contributed by atoms with Gasteiger partial charge in [-0.15, -0.1) is 0 Å². The number of hydrazine groups is 1. The van der Waals surface area contributed by atoms with Crippen LogP contribution in [0.4, 0.5) is 11.6 Å². The molecule has 0 aliphatic carbocycles. The largest absolute Gasteiger partial charge is 0.367 e. The Bertz CT molecular complexity index is 336. The van der Waals surface area contributed by atoms with Crippen LogP contribution in [0, 0.1) is 0 Å². The fourth-order valence-electron chi connectivity index (χ4n) is 0.986. The van der Waals surface area contributed by atoms with Gasteiger partial charge in [-0.2, -0.15) is 0 Å². The highest BCUT2D eigenvalue weighted by Crippen LogP contribution is 2.12. The highest BCUT2D eigenvalue weighted by molar-refractivity contribution is 5.40. The summed E-state index contributed by atoms with van der Waals surface area (Å²) in [6.45, 7) is 5.08. The molecule has 1 aromatic heterocycles. The van der Waals surface area contributed by atoms with Crippen molar-refractivity contribution in [3.8, 4) is 0 Å². The molecule has 0 saturated heterocycles.